The van der Waals surface area contributed by atoms with Crippen LogP contribution in [0.15, 0.2) is 52.1 Å². The third kappa shape index (κ3) is 5.56. The summed E-state index contributed by atoms with van der Waals surface area (Å²) in [5.41, 5.74) is 2.55. The molecule has 0 aliphatic carbocycles. The molecule has 2 aromatic heterocycles. The third-order valence-electron chi connectivity index (χ3n) is 4.02. The maximum absolute atomic E-state index is 5.31. The lowest BCUT2D eigenvalue weighted by Gasteiger charge is -2.22. The molecule has 27 heavy (non-hydrogen) atoms. The van der Waals surface area contributed by atoms with Crippen LogP contribution in [0, 0.1) is 6.92 Å². The molecule has 3 aromatic rings. The van der Waals surface area contributed by atoms with Crippen LogP contribution in [0.5, 0.6) is 0 Å². The fourth-order valence-electron chi connectivity index (χ4n) is 2.62. The van der Waals surface area contributed by atoms with Crippen molar-refractivity contribution in [2.45, 2.75) is 26.9 Å². The average Bonchev–Trinajstić information content (AvgIpc) is 3.32. The number of hydrogen-bond acceptors (Lipinski definition) is 4. The van der Waals surface area contributed by atoms with Crippen molar-refractivity contribution in [3.8, 4) is 11.6 Å². The second-order valence-corrected chi connectivity index (χ2v) is 6.04. The summed E-state index contributed by atoms with van der Waals surface area (Å²) in [5.74, 6) is 2.70. The van der Waals surface area contributed by atoms with Crippen molar-refractivity contribution in [2.75, 3.05) is 13.6 Å². The minimum absolute atomic E-state index is 0. The molecular formula is C19H25IN6O. The van der Waals surface area contributed by atoms with Crippen molar-refractivity contribution in [1.29, 1.82) is 0 Å². The van der Waals surface area contributed by atoms with Gasteiger partial charge >= 0.3 is 0 Å². The lowest BCUT2D eigenvalue weighted by atomic mass is 10.1. The predicted molar refractivity (Wildman–Crippen MR) is 117 cm³/mol. The average molecular weight is 480 g/mol. The van der Waals surface area contributed by atoms with Crippen LogP contribution in [0.3, 0.4) is 0 Å². The number of guanidine groups is 1. The first kappa shape index (κ1) is 20.9. The standard InChI is InChI=1S/C19H24N6O.HI/c1-4-20-19(25(3)13-15-9-6-5-8-14(15)2)21-12-17-22-18(24-23-17)16-10-7-11-26-16;/h5-11H,4,12-13H2,1-3H3,(H,20,21)(H,22,23,24);1H. The molecule has 3 rings (SSSR count). The number of halogens is 1. The molecule has 0 saturated heterocycles. The van der Waals surface area contributed by atoms with E-state index in [0.29, 0.717) is 24.0 Å². The number of aromatic amines is 1. The summed E-state index contributed by atoms with van der Waals surface area (Å²) in [4.78, 5) is 11.2. The highest BCUT2D eigenvalue weighted by Gasteiger charge is 2.10. The van der Waals surface area contributed by atoms with Crippen molar-refractivity contribution in [3.63, 3.8) is 0 Å². The van der Waals surface area contributed by atoms with Gasteiger partial charge in [0.05, 0.1) is 6.26 Å². The highest BCUT2D eigenvalue weighted by molar-refractivity contribution is 14.0. The Hall–Kier alpha value is -2.36. The zero-order chi connectivity index (χ0) is 18.4. The minimum atomic E-state index is 0. The summed E-state index contributed by atoms with van der Waals surface area (Å²) in [5, 5.41) is 10.4. The second-order valence-electron chi connectivity index (χ2n) is 6.04. The number of benzene rings is 1. The van der Waals surface area contributed by atoms with Crippen molar-refractivity contribution in [3.05, 3.63) is 59.6 Å². The number of aryl methyl sites for hydroxylation is 1. The normalized spacial score (nSPS) is 11.1. The van der Waals surface area contributed by atoms with E-state index in [-0.39, 0.29) is 24.0 Å². The molecule has 0 saturated carbocycles. The maximum atomic E-state index is 5.31. The Labute approximate surface area is 176 Å². The number of hydrogen-bond donors (Lipinski definition) is 2. The Bertz CT molecular complexity index is 859. The Kier molecular flexibility index (Phi) is 7.83. The van der Waals surface area contributed by atoms with Crippen LogP contribution in [0.1, 0.15) is 23.9 Å². The lowest BCUT2D eigenvalue weighted by molar-refractivity contribution is 0.475. The van der Waals surface area contributed by atoms with E-state index < -0.39 is 0 Å². The van der Waals surface area contributed by atoms with E-state index in [4.69, 9.17) is 4.42 Å². The van der Waals surface area contributed by atoms with Crippen LogP contribution >= 0.6 is 24.0 Å². The molecule has 0 atom stereocenters. The highest BCUT2D eigenvalue weighted by Crippen LogP contribution is 2.14. The fourth-order valence-corrected chi connectivity index (χ4v) is 2.62. The second kappa shape index (κ2) is 10.1. The topological polar surface area (TPSA) is 82.3 Å². The summed E-state index contributed by atoms with van der Waals surface area (Å²) < 4.78 is 5.31. The third-order valence-corrected chi connectivity index (χ3v) is 4.02. The van der Waals surface area contributed by atoms with Crippen molar-refractivity contribution in [2.24, 2.45) is 4.99 Å². The molecular weight excluding hydrogens is 455 g/mol. The number of nitrogens with zero attached hydrogens (tertiary/aromatic N) is 4. The zero-order valence-electron chi connectivity index (χ0n) is 15.8. The van der Waals surface area contributed by atoms with Gasteiger partial charge in [0.15, 0.2) is 11.7 Å². The molecule has 2 heterocycles. The molecule has 2 N–H and O–H groups in total. The van der Waals surface area contributed by atoms with Gasteiger partial charge in [-0.25, -0.2) is 9.98 Å². The van der Waals surface area contributed by atoms with Crippen molar-refractivity contribution in [1.82, 2.24) is 25.4 Å². The summed E-state index contributed by atoms with van der Waals surface area (Å²) in [7, 11) is 2.03. The molecule has 7 nitrogen and oxygen atoms in total. The summed E-state index contributed by atoms with van der Waals surface area (Å²) in [6.45, 7) is 6.17. The lowest BCUT2D eigenvalue weighted by Crippen LogP contribution is -2.38. The monoisotopic (exact) mass is 480 g/mol. The Morgan fingerprint density at radius 2 is 2.07 bits per heavy atom. The van der Waals surface area contributed by atoms with E-state index >= 15 is 0 Å². The van der Waals surface area contributed by atoms with Crippen LogP contribution in [-0.2, 0) is 13.1 Å². The predicted octanol–water partition coefficient (Wildman–Crippen LogP) is 3.59. The molecule has 0 bridgehead atoms. The highest BCUT2D eigenvalue weighted by atomic mass is 127. The van der Waals surface area contributed by atoms with E-state index in [2.05, 4.69) is 68.5 Å². The molecule has 0 fully saturated rings. The quantitative estimate of drug-likeness (QED) is 0.320. The molecule has 1 aromatic carbocycles. The molecule has 0 aliphatic rings. The Morgan fingerprint density at radius 3 is 2.78 bits per heavy atom. The molecule has 8 heteroatoms. The van der Waals surface area contributed by atoms with Gasteiger partial charge in [0.2, 0.25) is 5.82 Å². The number of aliphatic imine (C=N–C) groups is 1. The van der Waals surface area contributed by atoms with Crippen LogP contribution in [0.25, 0.3) is 11.6 Å². The van der Waals surface area contributed by atoms with Gasteiger partial charge in [0.25, 0.3) is 0 Å². The molecule has 0 radical (unpaired) electrons. The van der Waals surface area contributed by atoms with Crippen LogP contribution in [0.2, 0.25) is 0 Å². The van der Waals surface area contributed by atoms with Crippen molar-refractivity contribution >= 4 is 29.9 Å². The number of aromatic nitrogens is 3. The van der Waals surface area contributed by atoms with E-state index in [9.17, 15) is 0 Å². The van der Waals surface area contributed by atoms with E-state index in [0.717, 1.165) is 19.0 Å². The molecule has 144 valence electrons. The van der Waals surface area contributed by atoms with Crippen LogP contribution in [-0.4, -0.2) is 39.6 Å². The first-order valence-corrected chi connectivity index (χ1v) is 8.66. The van der Waals surface area contributed by atoms with Gasteiger partial charge in [0.1, 0.15) is 12.4 Å². The first-order valence-electron chi connectivity index (χ1n) is 8.66. The van der Waals surface area contributed by atoms with Gasteiger partial charge in [-0.15, -0.1) is 29.1 Å². The van der Waals surface area contributed by atoms with E-state index in [1.54, 1.807) is 6.26 Å². The zero-order valence-corrected chi connectivity index (χ0v) is 18.1. The van der Waals surface area contributed by atoms with Crippen molar-refractivity contribution < 1.29 is 4.42 Å². The van der Waals surface area contributed by atoms with Gasteiger partial charge in [-0.1, -0.05) is 24.3 Å². The fraction of sp³-hybridized carbons (Fsp3) is 0.316. The van der Waals surface area contributed by atoms with Crippen LogP contribution in [0.4, 0.5) is 0 Å². The molecule has 0 aliphatic heterocycles. The largest absolute Gasteiger partial charge is 0.461 e. The van der Waals surface area contributed by atoms with E-state index in [1.807, 2.05) is 19.2 Å². The van der Waals surface area contributed by atoms with E-state index in [1.165, 1.54) is 11.1 Å². The smallest absolute Gasteiger partial charge is 0.216 e. The summed E-state index contributed by atoms with van der Waals surface area (Å²) in [6, 6.07) is 12.0. The minimum Gasteiger partial charge on any atom is -0.461 e. The number of furan rings is 1. The molecule has 0 unspecified atom stereocenters. The van der Waals surface area contributed by atoms with Gasteiger partial charge in [-0.2, -0.15) is 0 Å². The molecule has 0 amide bonds. The number of nitrogens with one attached hydrogen (secondary N) is 2. The van der Waals surface area contributed by atoms with Gasteiger partial charge in [-0.3, -0.25) is 5.10 Å². The van der Waals surface area contributed by atoms with Gasteiger partial charge in [-0.05, 0) is 37.1 Å². The van der Waals surface area contributed by atoms with Gasteiger partial charge in [0, 0.05) is 20.1 Å². The first-order chi connectivity index (χ1) is 12.7. The summed E-state index contributed by atoms with van der Waals surface area (Å²) >= 11 is 0. The number of rotatable bonds is 6. The SMILES string of the molecule is CCNC(=NCc1nc(-c2ccco2)n[nH]1)N(C)Cc1ccccc1C.I. The van der Waals surface area contributed by atoms with Gasteiger partial charge < -0.3 is 14.6 Å². The maximum Gasteiger partial charge on any atom is 0.216 e. The Morgan fingerprint density at radius 1 is 1.26 bits per heavy atom. The summed E-state index contributed by atoms with van der Waals surface area (Å²) in [6.07, 6.45) is 1.60. The Balaban J connectivity index is 0.00000261. The van der Waals surface area contributed by atoms with Crippen LogP contribution < -0.4 is 5.32 Å². The number of H-pyrrole nitrogens is 1. The molecule has 0 spiro atoms.